The number of amides is 2. The van der Waals surface area contributed by atoms with E-state index in [2.05, 4.69) is 16.8 Å². The van der Waals surface area contributed by atoms with Crippen LogP contribution >= 0.6 is 0 Å². The highest BCUT2D eigenvalue weighted by molar-refractivity contribution is 5.97. The Morgan fingerprint density at radius 2 is 2.03 bits per heavy atom. The molecule has 0 radical (unpaired) electrons. The van der Waals surface area contributed by atoms with Gasteiger partial charge < -0.3 is 19.6 Å². The first-order valence-electron chi connectivity index (χ1n) is 12.7. The van der Waals surface area contributed by atoms with E-state index in [0.29, 0.717) is 30.1 Å². The second-order valence-corrected chi connectivity index (χ2v) is 10.3. The molecule has 184 valence electrons. The van der Waals surface area contributed by atoms with Crippen LogP contribution < -0.4 is 4.74 Å². The van der Waals surface area contributed by atoms with Crippen molar-refractivity contribution >= 4 is 11.8 Å². The second-order valence-electron chi connectivity index (χ2n) is 10.3. The smallest absolute Gasteiger partial charge is 0.259 e. The van der Waals surface area contributed by atoms with E-state index in [1.54, 1.807) is 22.1 Å². The molecule has 1 aromatic rings. The van der Waals surface area contributed by atoms with Crippen molar-refractivity contribution in [3.05, 3.63) is 23.4 Å². The zero-order chi connectivity index (χ0) is 24.2. The zero-order valence-electron chi connectivity index (χ0n) is 20.6. The van der Waals surface area contributed by atoms with Crippen LogP contribution in [0.2, 0.25) is 0 Å². The molecule has 4 rings (SSSR count). The maximum Gasteiger partial charge on any atom is 0.259 e. The van der Waals surface area contributed by atoms with Gasteiger partial charge >= 0.3 is 0 Å². The number of likely N-dealkylation sites (N-methyl/N-ethyl adjacent to an activating group) is 1. The number of nitrogens with zero attached hydrogens (tertiary/aromatic N) is 3. The van der Waals surface area contributed by atoms with E-state index in [4.69, 9.17) is 4.74 Å². The molecule has 2 amide bonds. The third kappa shape index (κ3) is 5.72. The molecular formula is C27H37N3O4. The fraction of sp³-hybridized carbons (Fsp3) is 0.667. The van der Waals surface area contributed by atoms with Gasteiger partial charge in [0.2, 0.25) is 11.8 Å². The molecule has 0 bridgehead atoms. The minimum absolute atomic E-state index is 0.0520. The summed E-state index contributed by atoms with van der Waals surface area (Å²) in [7, 11) is 1.84. The summed E-state index contributed by atoms with van der Waals surface area (Å²) in [5, 5.41) is 9.82. The first kappa shape index (κ1) is 24.5. The molecule has 2 fully saturated rings. The Balaban J connectivity index is 1.59. The Hall–Kier alpha value is -2.59. The molecule has 3 aliphatic rings. The molecule has 2 heterocycles. The first-order valence-corrected chi connectivity index (χ1v) is 12.7. The Kier molecular flexibility index (Phi) is 7.77. The van der Waals surface area contributed by atoms with E-state index in [-0.39, 0.29) is 48.3 Å². The molecule has 1 N–H and O–H groups in total. The minimum atomic E-state index is -0.343. The molecule has 2 saturated carbocycles. The Bertz CT molecular complexity index is 958. The molecule has 1 aromatic heterocycles. The number of fused-ring (bicyclic) bond motifs is 1. The molecule has 0 saturated heterocycles. The van der Waals surface area contributed by atoms with Crippen LogP contribution in [0.1, 0.15) is 74.7 Å². The van der Waals surface area contributed by atoms with Crippen LogP contribution in [0.5, 0.6) is 5.88 Å². The van der Waals surface area contributed by atoms with E-state index in [0.717, 1.165) is 38.5 Å². The van der Waals surface area contributed by atoms with Gasteiger partial charge in [0.1, 0.15) is 11.7 Å². The van der Waals surface area contributed by atoms with Gasteiger partial charge in [0.25, 0.3) is 5.91 Å². The van der Waals surface area contributed by atoms with E-state index in [9.17, 15) is 14.7 Å². The highest BCUT2D eigenvalue weighted by Crippen LogP contribution is 2.30. The van der Waals surface area contributed by atoms with Crippen molar-refractivity contribution in [1.29, 1.82) is 0 Å². The summed E-state index contributed by atoms with van der Waals surface area (Å²) < 4.78 is 6.32. The standard InChI is InChI=1S/C27H37N3O4/c1-18-15-30(19(2)17-31)27(33)23-13-21(12-11-20-9-10-20)14-28-25(23)34-24(18)16-29(3)26(32)22-7-5-4-6-8-22/h13-14,18-20,22,24,31H,4-10,15-17H2,1-3H3/t18-,19+,24-/m0/s1. The van der Waals surface area contributed by atoms with Crippen LogP contribution in [0.15, 0.2) is 12.3 Å². The Morgan fingerprint density at radius 3 is 2.71 bits per heavy atom. The van der Waals surface area contributed by atoms with Crippen LogP contribution in [0.4, 0.5) is 0 Å². The molecule has 7 heteroatoms. The van der Waals surface area contributed by atoms with E-state index < -0.39 is 0 Å². The van der Waals surface area contributed by atoms with Gasteiger partial charge in [-0.05, 0) is 38.7 Å². The van der Waals surface area contributed by atoms with Crippen LogP contribution in [0, 0.1) is 29.6 Å². The molecular weight excluding hydrogens is 430 g/mol. The van der Waals surface area contributed by atoms with Crippen molar-refractivity contribution in [3.63, 3.8) is 0 Å². The average Bonchev–Trinajstić information content (AvgIpc) is 3.69. The predicted molar refractivity (Wildman–Crippen MR) is 129 cm³/mol. The van der Waals surface area contributed by atoms with Crippen LogP contribution in [0.3, 0.4) is 0 Å². The summed E-state index contributed by atoms with van der Waals surface area (Å²) in [5.41, 5.74) is 1.05. The maximum atomic E-state index is 13.5. The summed E-state index contributed by atoms with van der Waals surface area (Å²) in [6.07, 6.45) is 8.92. The molecule has 2 aliphatic carbocycles. The fourth-order valence-electron chi connectivity index (χ4n) is 4.82. The summed E-state index contributed by atoms with van der Waals surface area (Å²) in [5.74, 6) is 7.07. The molecule has 34 heavy (non-hydrogen) atoms. The van der Waals surface area contributed by atoms with Crippen molar-refractivity contribution < 1.29 is 19.4 Å². The number of carbonyl (C=O) groups is 2. The van der Waals surface area contributed by atoms with E-state index in [1.807, 2.05) is 20.9 Å². The predicted octanol–water partition coefficient (Wildman–Crippen LogP) is 3.10. The van der Waals surface area contributed by atoms with Gasteiger partial charge in [0, 0.05) is 43.1 Å². The van der Waals surface area contributed by atoms with Crippen LogP contribution in [0.25, 0.3) is 0 Å². The Labute approximate surface area is 202 Å². The van der Waals surface area contributed by atoms with Gasteiger partial charge in [0.15, 0.2) is 0 Å². The summed E-state index contributed by atoms with van der Waals surface area (Å²) in [4.78, 5) is 34.5. The minimum Gasteiger partial charge on any atom is -0.472 e. The quantitative estimate of drug-likeness (QED) is 0.673. The topological polar surface area (TPSA) is 83.0 Å². The van der Waals surface area contributed by atoms with E-state index in [1.165, 1.54) is 6.42 Å². The van der Waals surface area contributed by atoms with Crippen LogP contribution in [-0.2, 0) is 4.79 Å². The monoisotopic (exact) mass is 467 g/mol. The summed E-state index contributed by atoms with van der Waals surface area (Å²) in [6.45, 7) is 4.58. The highest BCUT2D eigenvalue weighted by Gasteiger charge is 2.35. The third-order valence-corrected chi connectivity index (χ3v) is 7.30. The molecule has 1 aliphatic heterocycles. The van der Waals surface area contributed by atoms with Crippen molar-refractivity contribution in [2.75, 3.05) is 26.7 Å². The number of carbonyl (C=O) groups excluding carboxylic acids is 2. The first-order chi connectivity index (χ1) is 16.4. The van der Waals surface area contributed by atoms with Gasteiger partial charge in [-0.15, -0.1) is 0 Å². The maximum absolute atomic E-state index is 13.5. The number of aromatic nitrogens is 1. The fourth-order valence-corrected chi connectivity index (χ4v) is 4.82. The SMILES string of the molecule is C[C@H](CO)N1C[C@H](C)[C@H](CN(C)C(=O)C2CCCCC2)Oc2ncc(C#CC3CC3)cc2C1=O. The number of aliphatic hydroxyl groups excluding tert-OH is 1. The lowest BCUT2D eigenvalue weighted by Gasteiger charge is -2.38. The number of hydrogen-bond donors (Lipinski definition) is 1. The zero-order valence-corrected chi connectivity index (χ0v) is 20.6. The van der Waals surface area contributed by atoms with Gasteiger partial charge in [-0.1, -0.05) is 38.0 Å². The average molecular weight is 468 g/mol. The van der Waals surface area contributed by atoms with E-state index >= 15 is 0 Å². The number of hydrogen-bond acceptors (Lipinski definition) is 5. The lowest BCUT2D eigenvalue weighted by Crippen LogP contribution is -2.51. The highest BCUT2D eigenvalue weighted by atomic mass is 16.5. The third-order valence-electron chi connectivity index (χ3n) is 7.30. The Morgan fingerprint density at radius 1 is 1.29 bits per heavy atom. The van der Waals surface area contributed by atoms with Crippen molar-refractivity contribution in [3.8, 4) is 17.7 Å². The van der Waals surface area contributed by atoms with Crippen molar-refractivity contribution in [2.24, 2.45) is 17.8 Å². The lowest BCUT2D eigenvalue weighted by molar-refractivity contribution is -0.136. The molecule has 3 atom stereocenters. The second kappa shape index (κ2) is 10.8. The number of pyridine rings is 1. The number of ether oxygens (including phenoxy) is 1. The summed E-state index contributed by atoms with van der Waals surface area (Å²) >= 11 is 0. The van der Waals surface area contributed by atoms with Crippen molar-refractivity contribution in [2.45, 2.75) is 70.9 Å². The number of rotatable bonds is 5. The van der Waals surface area contributed by atoms with Gasteiger partial charge in [-0.2, -0.15) is 0 Å². The molecule has 7 nitrogen and oxygen atoms in total. The largest absolute Gasteiger partial charge is 0.472 e. The van der Waals surface area contributed by atoms with Crippen molar-refractivity contribution in [1.82, 2.24) is 14.8 Å². The molecule has 0 unspecified atom stereocenters. The normalized spacial score (nSPS) is 24.1. The lowest BCUT2D eigenvalue weighted by atomic mass is 9.88. The number of aliphatic hydroxyl groups is 1. The van der Waals surface area contributed by atoms with Crippen LogP contribution in [-0.4, -0.2) is 70.6 Å². The van der Waals surface area contributed by atoms with Gasteiger partial charge in [0.05, 0.1) is 19.2 Å². The van der Waals surface area contributed by atoms with Gasteiger partial charge in [-0.3, -0.25) is 9.59 Å². The molecule has 0 aromatic carbocycles. The van der Waals surface area contributed by atoms with Gasteiger partial charge in [-0.25, -0.2) is 4.98 Å². The summed E-state index contributed by atoms with van der Waals surface area (Å²) in [6, 6.07) is 1.41. The molecule has 0 spiro atoms.